The average Bonchev–Trinajstić information content (AvgIpc) is 2.76. The van der Waals surface area contributed by atoms with Gasteiger partial charge in [-0.3, -0.25) is 4.79 Å². The highest BCUT2D eigenvalue weighted by atomic mass is 19.1. The maximum Gasteiger partial charge on any atom is 0.226 e. The number of ether oxygens (including phenoxy) is 1. The summed E-state index contributed by atoms with van der Waals surface area (Å²) in [6.45, 7) is 3.35. The Morgan fingerprint density at radius 2 is 2.00 bits per heavy atom. The highest BCUT2D eigenvalue weighted by Crippen LogP contribution is 2.48. The van der Waals surface area contributed by atoms with Crippen molar-refractivity contribution in [2.75, 3.05) is 7.11 Å². The first-order valence-corrected chi connectivity index (χ1v) is 8.52. The van der Waals surface area contributed by atoms with Gasteiger partial charge in [-0.15, -0.1) is 0 Å². The van der Waals surface area contributed by atoms with Gasteiger partial charge < -0.3 is 31.1 Å². The van der Waals surface area contributed by atoms with Crippen molar-refractivity contribution in [2.24, 2.45) is 17.6 Å². The number of carbonyl (C=O) groups is 1. The van der Waals surface area contributed by atoms with E-state index < -0.39 is 47.8 Å². The van der Waals surface area contributed by atoms with Gasteiger partial charge in [0.2, 0.25) is 5.91 Å². The van der Waals surface area contributed by atoms with E-state index in [9.17, 15) is 24.5 Å². The minimum atomic E-state index is -1.80. The Bertz CT molecular complexity index is 641. The predicted molar refractivity (Wildman–Crippen MR) is 91.9 cm³/mol. The molecule has 5 atom stereocenters. The summed E-state index contributed by atoms with van der Waals surface area (Å²) in [5.41, 5.74) is 3.85. The van der Waals surface area contributed by atoms with Gasteiger partial charge in [0.15, 0.2) is 6.29 Å². The summed E-state index contributed by atoms with van der Waals surface area (Å²) in [5.74, 6) is -2.57. The number of benzene rings is 1. The number of halogens is 1. The molecule has 0 spiro atoms. The van der Waals surface area contributed by atoms with Crippen LogP contribution in [0.4, 0.5) is 4.39 Å². The highest BCUT2D eigenvalue weighted by Gasteiger charge is 2.61. The number of amides is 1. The van der Waals surface area contributed by atoms with Crippen LogP contribution in [0, 0.1) is 17.7 Å². The molecule has 0 saturated heterocycles. The van der Waals surface area contributed by atoms with E-state index in [-0.39, 0.29) is 12.2 Å². The average molecular weight is 370 g/mol. The summed E-state index contributed by atoms with van der Waals surface area (Å²) < 4.78 is 18.4. The van der Waals surface area contributed by atoms with Gasteiger partial charge in [0.05, 0.1) is 17.6 Å². The molecule has 0 radical (unpaired) electrons. The number of rotatable bonds is 6. The smallest absolute Gasteiger partial charge is 0.226 e. The summed E-state index contributed by atoms with van der Waals surface area (Å²) in [4.78, 5) is 12.8. The molecule has 0 aliphatic heterocycles. The van der Waals surface area contributed by atoms with E-state index in [1.54, 1.807) is 26.0 Å². The van der Waals surface area contributed by atoms with E-state index in [2.05, 4.69) is 5.32 Å². The SMILES string of the molecule is COC1(N)CC(C(=O)NC(C)c2ccc(F)cc2)[C@](O)(CC(O)O)C1C. The number of methoxy groups -OCH3 is 1. The molecule has 7 nitrogen and oxygen atoms in total. The first kappa shape index (κ1) is 20.7. The number of nitrogens with one attached hydrogen (secondary N) is 1. The van der Waals surface area contributed by atoms with Gasteiger partial charge in [0.25, 0.3) is 0 Å². The van der Waals surface area contributed by atoms with Gasteiger partial charge in [-0.2, -0.15) is 0 Å². The van der Waals surface area contributed by atoms with Crippen molar-refractivity contribution < 1.29 is 29.2 Å². The molecule has 1 saturated carbocycles. The fourth-order valence-corrected chi connectivity index (χ4v) is 3.74. The van der Waals surface area contributed by atoms with Crippen LogP contribution in [0.1, 0.15) is 38.3 Å². The van der Waals surface area contributed by atoms with Crippen LogP contribution in [0.5, 0.6) is 0 Å². The lowest BCUT2D eigenvalue weighted by atomic mass is 9.80. The number of nitrogens with two attached hydrogens (primary N) is 1. The molecule has 1 aromatic rings. The van der Waals surface area contributed by atoms with Crippen LogP contribution in [0.15, 0.2) is 24.3 Å². The molecule has 146 valence electrons. The molecule has 1 aliphatic rings. The maximum absolute atomic E-state index is 13.1. The third kappa shape index (κ3) is 3.89. The van der Waals surface area contributed by atoms with E-state index in [0.29, 0.717) is 5.56 Å². The normalized spacial score (nSPS) is 32.7. The summed E-state index contributed by atoms with van der Waals surface area (Å²) in [6.07, 6.45) is -2.21. The van der Waals surface area contributed by atoms with Crippen LogP contribution in [0.3, 0.4) is 0 Å². The van der Waals surface area contributed by atoms with E-state index in [1.807, 2.05) is 0 Å². The molecule has 26 heavy (non-hydrogen) atoms. The Hall–Kier alpha value is -1.58. The fourth-order valence-electron chi connectivity index (χ4n) is 3.74. The molecular formula is C18H27FN2O5. The van der Waals surface area contributed by atoms with Crippen LogP contribution < -0.4 is 11.1 Å². The van der Waals surface area contributed by atoms with Crippen molar-refractivity contribution in [1.82, 2.24) is 5.32 Å². The molecule has 0 heterocycles. The van der Waals surface area contributed by atoms with E-state index in [4.69, 9.17) is 10.5 Å². The van der Waals surface area contributed by atoms with E-state index in [0.717, 1.165) is 0 Å². The number of hydrogen-bond acceptors (Lipinski definition) is 6. The zero-order chi connectivity index (χ0) is 19.7. The molecule has 0 bridgehead atoms. The number of aliphatic hydroxyl groups is 3. The van der Waals surface area contributed by atoms with Crippen LogP contribution in [0.25, 0.3) is 0 Å². The lowest BCUT2D eigenvalue weighted by Crippen LogP contribution is -2.52. The van der Waals surface area contributed by atoms with Crippen molar-refractivity contribution in [3.63, 3.8) is 0 Å². The van der Waals surface area contributed by atoms with Crippen LogP contribution in [-0.2, 0) is 9.53 Å². The molecular weight excluding hydrogens is 343 g/mol. The molecule has 4 unspecified atom stereocenters. The van der Waals surface area contributed by atoms with Crippen LogP contribution in [0.2, 0.25) is 0 Å². The highest BCUT2D eigenvalue weighted by molar-refractivity contribution is 5.81. The molecule has 1 fully saturated rings. The molecule has 1 aromatic carbocycles. The van der Waals surface area contributed by atoms with Crippen molar-refractivity contribution in [1.29, 1.82) is 0 Å². The molecule has 2 rings (SSSR count). The van der Waals surface area contributed by atoms with Crippen molar-refractivity contribution in [3.8, 4) is 0 Å². The largest absolute Gasteiger partial charge is 0.388 e. The first-order chi connectivity index (χ1) is 12.0. The Morgan fingerprint density at radius 3 is 2.50 bits per heavy atom. The lowest BCUT2D eigenvalue weighted by molar-refractivity contribution is -0.156. The Balaban J connectivity index is 2.22. The number of aliphatic hydroxyl groups excluding tert-OH is 1. The van der Waals surface area contributed by atoms with Gasteiger partial charge in [0, 0.05) is 25.9 Å². The third-order valence-corrected chi connectivity index (χ3v) is 5.54. The second-order valence-corrected chi connectivity index (χ2v) is 7.10. The summed E-state index contributed by atoms with van der Waals surface area (Å²) >= 11 is 0. The van der Waals surface area contributed by atoms with Gasteiger partial charge in [-0.05, 0) is 24.6 Å². The van der Waals surface area contributed by atoms with Gasteiger partial charge >= 0.3 is 0 Å². The summed E-state index contributed by atoms with van der Waals surface area (Å²) in [6, 6.07) is 5.28. The van der Waals surface area contributed by atoms with Crippen molar-refractivity contribution in [2.45, 2.75) is 50.3 Å². The Morgan fingerprint density at radius 1 is 1.42 bits per heavy atom. The van der Waals surface area contributed by atoms with Gasteiger partial charge in [-0.25, -0.2) is 4.39 Å². The van der Waals surface area contributed by atoms with Crippen LogP contribution >= 0.6 is 0 Å². The summed E-state index contributed by atoms with van der Waals surface area (Å²) in [7, 11) is 1.38. The predicted octanol–water partition coefficient (Wildman–Crippen LogP) is 0.392. The van der Waals surface area contributed by atoms with Gasteiger partial charge in [0.1, 0.15) is 11.5 Å². The number of hydrogen-bond donors (Lipinski definition) is 5. The third-order valence-electron chi connectivity index (χ3n) is 5.54. The minimum Gasteiger partial charge on any atom is -0.388 e. The molecule has 8 heteroatoms. The zero-order valence-electron chi connectivity index (χ0n) is 15.1. The standard InChI is InChI=1S/C18H27FN2O5/c1-10(12-4-6-13(19)7-5-12)21-16(24)14-8-18(20,26-3)11(2)17(14,25)9-15(22)23/h4-7,10-11,14-15,22-23,25H,8-9,20H2,1-3H3,(H,21,24)/t10?,11?,14?,17-,18?/m0/s1. The molecule has 1 aliphatic carbocycles. The monoisotopic (exact) mass is 370 g/mol. The first-order valence-electron chi connectivity index (χ1n) is 8.52. The van der Waals surface area contributed by atoms with E-state index >= 15 is 0 Å². The quantitative estimate of drug-likeness (QED) is 0.462. The second kappa shape index (κ2) is 7.58. The second-order valence-electron chi connectivity index (χ2n) is 7.10. The van der Waals surface area contributed by atoms with Crippen molar-refractivity contribution >= 4 is 5.91 Å². The fraction of sp³-hybridized carbons (Fsp3) is 0.611. The van der Waals surface area contributed by atoms with Crippen molar-refractivity contribution in [3.05, 3.63) is 35.6 Å². The lowest BCUT2D eigenvalue weighted by Gasteiger charge is -2.36. The topological polar surface area (TPSA) is 125 Å². The Kier molecular flexibility index (Phi) is 6.04. The maximum atomic E-state index is 13.1. The Labute approximate surface area is 152 Å². The van der Waals surface area contributed by atoms with E-state index in [1.165, 1.54) is 19.2 Å². The zero-order valence-corrected chi connectivity index (χ0v) is 15.1. The van der Waals surface area contributed by atoms with Crippen LogP contribution in [-0.4, -0.2) is 46.0 Å². The summed E-state index contributed by atoms with van der Waals surface area (Å²) in [5, 5.41) is 32.6. The molecule has 1 amide bonds. The van der Waals surface area contributed by atoms with Gasteiger partial charge in [-0.1, -0.05) is 19.1 Å². The number of carbonyl (C=O) groups excluding carboxylic acids is 1. The molecule has 0 aromatic heterocycles. The molecule has 6 N–H and O–H groups in total. The minimum absolute atomic E-state index is 0.0237.